The molecule has 0 unspecified atom stereocenters. The minimum atomic E-state index is 0. The Labute approximate surface area is 198 Å². The highest BCUT2D eigenvalue weighted by Crippen LogP contribution is 2.28. The Kier molecular flexibility index (Phi) is 6.03. The molecular weight excluding hydrogens is 438 g/mol. The lowest BCUT2D eigenvalue weighted by molar-refractivity contribution is 0.0903. The van der Waals surface area contributed by atoms with E-state index in [9.17, 15) is 0 Å². The van der Waals surface area contributed by atoms with Crippen LogP contribution in [0.3, 0.4) is 0 Å². The van der Waals surface area contributed by atoms with Crippen LogP contribution in [-0.2, 0) is 4.74 Å². The number of halogens is 1. The number of aromatic nitrogens is 5. The number of ether oxygens (including phenoxy) is 1. The molecule has 0 radical (unpaired) electrons. The highest BCUT2D eigenvalue weighted by molar-refractivity contribution is 5.85. The fourth-order valence-electron chi connectivity index (χ4n) is 4.67. The first kappa shape index (κ1) is 21.9. The van der Waals surface area contributed by atoms with Gasteiger partial charge < -0.3 is 15.0 Å². The van der Waals surface area contributed by atoms with E-state index >= 15 is 0 Å². The summed E-state index contributed by atoms with van der Waals surface area (Å²) in [6.07, 6.45) is 4.41. The Balaban J connectivity index is 0.00000228. The molecule has 1 N–H and O–H groups in total. The van der Waals surface area contributed by atoms with Crippen LogP contribution in [0.1, 0.15) is 31.4 Å². The molecule has 2 fully saturated rings. The van der Waals surface area contributed by atoms with Crippen LogP contribution in [0.4, 0.5) is 11.6 Å². The molecule has 0 amide bonds. The second kappa shape index (κ2) is 9.11. The van der Waals surface area contributed by atoms with Crippen molar-refractivity contribution in [2.75, 3.05) is 36.5 Å². The van der Waals surface area contributed by atoms with Gasteiger partial charge in [0.1, 0.15) is 23.0 Å². The molecule has 2 aliphatic rings. The predicted molar refractivity (Wildman–Crippen MR) is 132 cm³/mol. The van der Waals surface area contributed by atoms with Gasteiger partial charge in [0.2, 0.25) is 0 Å². The summed E-state index contributed by atoms with van der Waals surface area (Å²) in [5.74, 6) is 1.98. The van der Waals surface area contributed by atoms with Crippen molar-refractivity contribution in [1.82, 2.24) is 24.6 Å². The third-order valence-corrected chi connectivity index (χ3v) is 6.40. The van der Waals surface area contributed by atoms with Crippen molar-refractivity contribution in [3.8, 4) is 11.4 Å². The van der Waals surface area contributed by atoms with Crippen LogP contribution in [0.5, 0.6) is 0 Å². The lowest BCUT2D eigenvalue weighted by atomic mass is 10.1. The summed E-state index contributed by atoms with van der Waals surface area (Å²) in [5.41, 5.74) is 5.06. The largest absolute Gasteiger partial charge is 0.381 e. The molecule has 172 valence electrons. The maximum Gasteiger partial charge on any atom is 0.160 e. The van der Waals surface area contributed by atoms with Crippen molar-refractivity contribution in [3.05, 3.63) is 42.1 Å². The average molecular weight is 466 g/mol. The second-order valence-corrected chi connectivity index (χ2v) is 8.67. The standard InChI is InChI=1S/C24H27N7O.ClH/c1-16-24(27-19-7-3-2-6-18(19)25-16)20-14-22-28-21(30-10-4-5-11-30)15-23(31(22)29-20)26-17-8-12-32-13-9-17;/h2-3,6-7,14-15,17,26H,4-5,8-13H2,1H3;1H. The van der Waals surface area contributed by atoms with Gasteiger partial charge in [0.25, 0.3) is 0 Å². The maximum atomic E-state index is 5.54. The van der Waals surface area contributed by atoms with Gasteiger partial charge in [-0.2, -0.15) is 9.61 Å². The van der Waals surface area contributed by atoms with E-state index in [4.69, 9.17) is 24.8 Å². The van der Waals surface area contributed by atoms with Gasteiger partial charge in [-0.3, -0.25) is 0 Å². The van der Waals surface area contributed by atoms with Gasteiger partial charge in [-0.1, -0.05) is 12.1 Å². The van der Waals surface area contributed by atoms with Crippen LogP contribution in [0.15, 0.2) is 36.4 Å². The number of anilines is 2. The molecule has 0 bridgehead atoms. The molecule has 9 heteroatoms. The molecule has 0 aliphatic carbocycles. The highest BCUT2D eigenvalue weighted by Gasteiger charge is 2.21. The predicted octanol–water partition coefficient (Wildman–Crippen LogP) is 4.26. The monoisotopic (exact) mass is 465 g/mol. The van der Waals surface area contributed by atoms with Crippen LogP contribution in [0.2, 0.25) is 0 Å². The highest BCUT2D eigenvalue weighted by atomic mass is 35.5. The van der Waals surface area contributed by atoms with Crippen molar-refractivity contribution in [2.45, 2.75) is 38.6 Å². The molecule has 3 aromatic heterocycles. The van der Waals surface area contributed by atoms with E-state index in [-0.39, 0.29) is 12.4 Å². The van der Waals surface area contributed by atoms with Crippen molar-refractivity contribution >= 4 is 40.7 Å². The Bertz CT molecular complexity index is 1280. The fourth-order valence-corrected chi connectivity index (χ4v) is 4.67. The lowest BCUT2D eigenvalue weighted by Gasteiger charge is -2.25. The smallest absolute Gasteiger partial charge is 0.160 e. The molecule has 6 rings (SSSR count). The number of hydrogen-bond acceptors (Lipinski definition) is 7. The first-order valence-electron chi connectivity index (χ1n) is 11.5. The van der Waals surface area contributed by atoms with Gasteiger partial charge in [-0.05, 0) is 44.7 Å². The van der Waals surface area contributed by atoms with Crippen molar-refractivity contribution < 1.29 is 4.74 Å². The van der Waals surface area contributed by atoms with Gasteiger partial charge in [-0.15, -0.1) is 12.4 Å². The number of hydrogen-bond donors (Lipinski definition) is 1. The molecule has 2 saturated heterocycles. The maximum absolute atomic E-state index is 5.54. The summed E-state index contributed by atoms with van der Waals surface area (Å²) >= 11 is 0. The Morgan fingerprint density at radius 3 is 2.45 bits per heavy atom. The minimum absolute atomic E-state index is 0. The number of para-hydroxylation sites is 2. The summed E-state index contributed by atoms with van der Waals surface area (Å²) in [6, 6.07) is 12.5. The molecule has 5 heterocycles. The van der Waals surface area contributed by atoms with E-state index in [1.165, 1.54) is 12.8 Å². The Hall–Kier alpha value is -2.97. The number of nitrogens with zero attached hydrogens (tertiary/aromatic N) is 6. The summed E-state index contributed by atoms with van der Waals surface area (Å²) in [5, 5.41) is 8.64. The van der Waals surface area contributed by atoms with E-state index < -0.39 is 0 Å². The second-order valence-electron chi connectivity index (χ2n) is 8.67. The quantitative estimate of drug-likeness (QED) is 0.482. The number of rotatable bonds is 4. The average Bonchev–Trinajstić information content (AvgIpc) is 3.49. The number of nitrogens with one attached hydrogen (secondary N) is 1. The zero-order valence-corrected chi connectivity index (χ0v) is 19.5. The Morgan fingerprint density at radius 2 is 1.70 bits per heavy atom. The zero-order chi connectivity index (χ0) is 21.5. The number of aryl methyl sites for hydroxylation is 1. The first-order chi connectivity index (χ1) is 15.7. The molecule has 33 heavy (non-hydrogen) atoms. The van der Waals surface area contributed by atoms with Gasteiger partial charge in [0.15, 0.2) is 5.65 Å². The third kappa shape index (κ3) is 4.20. The molecular formula is C24H28ClN7O. The normalized spacial score (nSPS) is 16.9. The van der Waals surface area contributed by atoms with Gasteiger partial charge >= 0.3 is 0 Å². The summed E-state index contributed by atoms with van der Waals surface area (Å²) in [4.78, 5) is 16.9. The SMILES string of the molecule is Cc1nc2ccccc2nc1-c1cc2nc(N3CCCC3)cc(NC3CCOCC3)n2n1.Cl. The molecule has 2 aliphatic heterocycles. The zero-order valence-electron chi connectivity index (χ0n) is 18.7. The Morgan fingerprint density at radius 1 is 0.970 bits per heavy atom. The first-order valence-corrected chi connectivity index (χ1v) is 11.5. The van der Waals surface area contributed by atoms with E-state index in [1.807, 2.05) is 41.8 Å². The number of benzene rings is 1. The molecule has 8 nitrogen and oxygen atoms in total. The fraction of sp³-hybridized carbons (Fsp3) is 0.417. The molecule has 0 saturated carbocycles. The summed E-state index contributed by atoms with van der Waals surface area (Å²) in [7, 11) is 0. The number of fused-ring (bicyclic) bond motifs is 2. The van der Waals surface area contributed by atoms with Gasteiger partial charge in [-0.25, -0.2) is 15.0 Å². The van der Waals surface area contributed by atoms with Crippen LogP contribution < -0.4 is 10.2 Å². The van der Waals surface area contributed by atoms with E-state index in [2.05, 4.69) is 16.3 Å². The summed E-state index contributed by atoms with van der Waals surface area (Å²) < 4.78 is 7.46. The molecule has 0 atom stereocenters. The van der Waals surface area contributed by atoms with E-state index in [0.717, 1.165) is 84.5 Å². The molecule has 0 spiro atoms. The van der Waals surface area contributed by atoms with E-state index in [1.54, 1.807) is 0 Å². The van der Waals surface area contributed by atoms with Crippen molar-refractivity contribution in [1.29, 1.82) is 0 Å². The topological polar surface area (TPSA) is 80.5 Å². The lowest BCUT2D eigenvalue weighted by Crippen LogP contribution is -2.29. The van der Waals surface area contributed by atoms with Gasteiger partial charge in [0, 0.05) is 44.5 Å². The van der Waals surface area contributed by atoms with Crippen LogP contribution in [-0.4, -0.2) is 56.9 Å². The van der Waals surface area contributed by atoms with Crippen LogP contribution in [0, 0.1) is 6.92 Å². The van der Waals surface area contributed by atoms with Crippen LogP contribution >= 0.6 is 12.4 Å². The van der Waals surface area contributed by atoms with E-state index in [0.29, 0.717) is 6.04 Å². The molecule has 4 aromatic rings. The van der Waals surface area contributed by atoms with Crippen molar-refractivity contribution in [3.63, 3.8) is 0 Å². The minimum Gasteiger partial charge on any atom is -0.381 e. The third-order valence-electron chi connectivity index (χ3n) is 6.40. The molecule has 1 aromatic carbocycles. The summed E-state index contributed by atoms with van der Waals surface area (Å²) in [6.45, 7) is 5.68. The van der Waals surface area contributed by atoms with Gasteiger partial charge in [0.05, 0.1) is 16.7 Å². The van der Waals surface area contributed by atoms with Crippen molar-refractivity contribution in [2.24, 2.45) is 0 Å². The van der Waals surface area contributed by atoms with Crippen LogP contribution in [0.25, 0.3) is 28.1 Å².